The van der Waals surface area contributed by atoms with E-state index in [-0.39, 0.29) is 18.3 Å². The standard InChI is InChI=1S/C17H13IN2O4S/c18-11-4-3-5-12(8-11)19-15(21)9-23-16(22)10-25-17-20-13-6-1-2-7-14(13)24-17/h1-8H,9-10H2,(H,19,21). The summed E-state index contributed by atoms with van der Waals surface area (Å²) in [6.45, 7) is -0.335. The molecule has 0 bridgehead atoms. The van der Waals surface area contributed by atoms with Crippen molar-refractivity contribution in [3.05, 3.63) is 52.1 Å². The minimum absolute atomic E-state index is 0.0172. The molecule has 2 aromatic carbocycles. The van der Waals surface area contributed by atoms with Crippen LogP contribution in [0.15, 0.2) is 58.2 Å². The second-order valence-electron chi connectivity index (χ2n) is 4.96. The van der Waals surface area contributed by atoms with E-state index in [4.69, 9.17) is 9.15 Å². The second kappa shape index (κ2) is 8.34. The number of oxazole rings is 1. The predicted molar refractivity (Wildman–Crippen MR) is 103 cm³/mol. The van der Waals surface area contributed by atoms with Crippen LogP contribution >= 0.6 is 34.4 Å². The van der Waals surface area contributed by atoms with E-state index in [1.165, 1.54) is 0 Å². The molecule has 8 heteroatoms. The van der Waals surface area contributed by atoms with Gasteiger partial charge in [0, 0.05) is 9.26 Å². The number of fused-ring (bicyclic) bond motifs is 1. The van der Waals surface area contributed by atoms with Crippen molar-refractivity contribution in [2.24, 2.45) is 0 Å². The number of hydrogen-bond acceptors (Lipinski definition) is 6. The molecule has 0 fully saturated rings. The summed E-state index contributed by atoms with van der Waals surface area (Å²) < 4.78 is 11.5. The number of rotatable bonds is 6. The van der Waals surface area contributed by atoms with Crippen molar-refractivity contribution in [1.29, 1.82) is 0 Å². The maximum absolute atomic E-state index is 11.8. The van der Waals surface area contributed by atoms with Gasteiger partial charge in [-0.3, -0.25) is 9.59 Å². The normalized spacial score (nSPS) is 10.6. The molecule has 0 saturated carbocycles. The Hall–Kier alpha value is -2.07. The van der Waals surface area contributed by atoms with Crippen LogP contribution < -0.4 is 5.32 Å². The molecule has 25 heavy (non-hydrogen) atoms. The average Bonchev–Trinajstić information content (AvgIpc) is 3.01. The number of carbonyl (C=O) groups excluding carboxylic acids is 2. The fourth-order valence-electron chi connectivity index (χ4n) is 1.98. The molecular weight excluding hydrogens is 455 g/mol. The summed E-state index contributed by atoms with van der Waals surface area (Å²) in [4.78, 5) is 27.8. The minimum Gasteiger partial charge on any atom is -0.455 e. The molecular formula is C17H13IN2O4S. The molecule has 0 aliphatic rings. The Bertz CT molecular complexity index is 879. The zero-order valence-corrected chi connectivity index (χ0v) is 15.9. The van der Waals surface area contributed by atoms with E-state index in [1.54, 1.807) is 12.1 Å². The molecule has 0 atom stereocenters. The van der Waals surface area contributed by atoms with E-state index in [2.05, 4.69) is 32.9 Å². The lowest BCUT2D eigenvalue weighted by Gasteiger charge is -2.06. The number of halogens is 1. The minimum atomic E-state index is -0.509. The quantitative estimate of drug-likeness (QED) is 0.338. The van der Waals surface area contributed by atoms with Crippen molar-refractivity contribution < 1.29 is 18.7 Å². The maximum atomic E-state index is 11.8. The third-order valence-corrected chi connectivity index (χ3v) is 4.53. The number of thioether (sulfide) groups is 1. The Kier molecular flexibility index (Phi) is 5.92. The molecule has 0 radical (unpaired) electrons. The van der Waals surface area contributed by atoms with Crippen molar-refractivity contribution in [2.45, 2.75) is 5.22 Å². The lowest BCUT2D eigenvalue weighted by Crippen LogP contribution is -2.21. The molecule has 1 N–H and O–H groups in total. The first kappa shape index (κ1) is 17.7. The highest BCUT2D eigenvalue weighted by Gasteiger charge is 2.12. The Morgan fingerprint density at radius 3 is 2.84 bits per heavy atom. The molecule has 3 aromatic rings. The van der Waals surface area contributed by atoms with Crippen molar-refractivity contribution >= 4 is 63.0 Å². The molecule has 0 saturated heterocycles. The summed E-state index contributed by atoms with van der Waals surface area (Å²) in [5, 5.41) is 3.06. The third kappa shape index (κ3) is 5.20. The molecule has 0 spiro atoms. The average molecular weight is 468 g/mol. The van der Waals surface area contributed by atoms with Gasteiger partial charge in [-0.05, 0) is 52.9 Å². The Morgan fingerprint density at radius 1 is 1.20 bits per heavy atom. The van der Waals surface area contributed by atoms with Crippen LogP contribution in [0.3, 0.4) is 0 Å². The summed E-state index contributed by atoms with van der Waals surface area (Å²) in [6, 6.07) is 14.7. The molecule has 0 unspecified atom stereocenters. The molecule has 3 rings (SSSR count). The number of hydrogen-bond donors (Lipinski definition) is 1. The SMILES string of the molecule is O=C(COC(=O)CSc1nc2ccccc2o1)Nc1cccc(I)c1. The van der Waals surface area contributed by atoms with Crippen LogP contribution in [-0.2, 0) is 14.3 Å². The number of para-hydroxylation sites is 2. The van der Waals surface area contributed by atoms with Gasteiger partial charge in [-0.25, -0.2) is 4.98 Å². The monoisotopic (exact) mass is 468 g/mol. The number of nitrogens with one attached hydrogen (secondary N) is 1. The van der Waals surface area contributed by atoms with Gasteiger partial charge in [0.1, 0.15) is 11.3 Å². The topological polar surface area (TPSA) is 81.4 Å². The van der Waals surface area contributed by atoms with E-state index in [9.17, 15) is 9.59 Å². The second-order valence-corrected chi connectivity index (χ2v) is 7.13. The lowest BCUT2D eigenvalue weighted by atomic mass is 10.3. The molecule has 1 aromatic heterocycles. The van der Waals surface area contributed by atoms with Gasteiger partial charge in [0.15, 0.2) is 12.2 Å². The van der Waals surface area contributed by atoms with Crippen LogP contribution in [0.4, 0.5) is 5.69 Å². The smallest absolute Gasteiger partial charge is 0.316 e. The summed E-state index contributed by atoms with van der Waals surface area (Å²) >= 11 is 3.28. The fraction of sp³-hybridized carbons (Fsp3) is 0.118. The highest BCUT2D eigenvalue weighted by molar-refractivity contribution is 14.1. The molecule has 128 valence electrons. The Labute approximate surface area is 161 Å². The number of benzene rings is 2. The molecule has 0 aliphatic heterocycles. The van der Waals surface area contributed by atoms with Gasteiger partial charge in [0.25, 0.3) is 11.1 Å². The number of anilines is 1. The number of aromatic nitrogens is 1. The zero-order valence-electron chi connectivity index (χ0n) is 12.9. The number of nitrogens with zero attached hydrogens (tertiary/aromatic N) is 1. The Morgan fingerprint density at radius 2 is 2.04 bits per heavy atom. The van der Waals surface area contributed by atoms with Crippen molar-refractivity contribution in [3.8, 4) is 0 Å². The molecule has 1 amide bonds. The van der Waals surface area contributed by atoms with Crippen LogP contribution in [0.5, 0.6) is 0 Å². The van der Waals surface area contributed by atoms with Crippen LogP contribution in [0.25, 0.3) is 11.1 Å². The van der Waals surface area contributed by atoms with Crippen molar-refractivity contribution in [3.63, 3.8) is 0 Å². The van der Waals surface area contributed by atoms with Gasteiger partial charge in [-0.1, -0.05) is 30.0 Å². The first-order chi connectivity index (χ1) is 12.1. The van der Waals surface area contributed by atoms with Crippen molar-refractivity contribution in [2.75, 3.05) is 17.7 Å². The van der Waals surface area contributed by atoms with Gasteiger partial charge >= 0.3 is 5.97 Å². The number of carbonyl (C=O) groups is 2. The van der Waals surface area contributed by atoms with Crippen LogP contribution in [0.1, 0.15) is 0 Å². The number of amides is 1. The summed E-state index contributed by atoms with van der Waals surface area (Å²) in [7, 11) is 0. The maximum Gasteiger partial charge on any atom is 0.316 e. The van der Waals surface area contributed by atoms with Crippen LogP contribution in [0.2, 0.25) is 0 Å². The van der Waals surface area contributed by atoms with Gasteiger partial charge < -0.3 is 14.5 Å². The fourth-order valence-corrected chi connectivity index (χ4v) is 3.16. The highest BCUT2D eigenvalue weighted by Crippen LogP contribution is 2.23. The van der Waals surface area contributed by atoms with E-state index in [0.717, 1.165) is 20.8 Å². The first-order valence-electron chi connectivity index (χ1n) is 7.29. The van der Waals surface area contributed by atoms with Crippen LogP contribution in [0, 0.1) is 3.57 Å². The van der Waals surface area contributed by atoms with E-state index < -0.39 is 5.97 Å². The van der Waals surface area contributed by atoms with Gasteiger partial charge in [-0.15, -0.1) is 0 Å². The summed E-state index contributed by atoms with van der Waals surface area (Å²) in [5.74, 6) is -0.879. The molecule has 0 aliphatic carbocycles. The van der Waals surface area contributed by atoms with E-state index >= 15 is 0 Å². The molecule has 1 heterocycles. The number of esters is 1. The zero-order chi connectivity index (χ0) is 17.6. The van der Waals surface area contributed by atoms with Crippen LogP contribution in [-0.4, -0.2) is 29.2 Å². The predicted octanol–water partition coefficient (Wildman–Crippen LogP) is 3.71. The number of ether oxygens (including phenoxy) is 1. The Balaban J connectivity index is 1.43. The first-order valence-corrected chi connectivity index (χ1v) is 9.36. The van der Waals surface area contributed by atoms with Gasteiger partial charge in [-0.2, -0.15) is 0 Å². The van der Waals surface area contributed by atoms with Crippen molar-refractivity contribution in [1.82, 2.24) is 4.98 Å². The summed E-state index contributed by atoms with van der Waals surface area (Å²) in [5.41, 5.74) is 2.05. The molecule has 6 nitrogen and oxygen atoms in total. The summed E-state index contributed by atoms with van der Waals surface area (Å²) in [6.07, 6.45) is 0. The largest absolute Gasteiger partial charge is 0.455 e. The van der Waals surface area contributed by atoms with E-state index in [0.29, 0.717) is 16.5 Å². The third-order valence-electron chi connectivity index (χ3n) is 3.06. The van der Waals surface area contributed by atoms with Gasteiger partial charge in [0.05, 0.1) is 0 Å². The van der Waals surface area contributed by atoms with Gasteiger partial charge in [0.2, 0.25) is 0 Å². The highest BCUT2D eigenvalue weighted by atomic mass is 127. The lowest BCUT2D eigenvalue weighted by molar-refractivity contribution is -0.144. The van der Waals surface area contributed by atoms with E-state index in [1.807, 2.05) is 36.4 Å².